The number of ether oxygens (including phenoxy) is 1. The van der Waals surface area contributed by atoms with Crippen molar-refractivity contribution < 1.29 is 14.3 Å². The average molecular weight is 514 g/mol. The first-order chi connectivity index (χ1) is 17.7. The monoisotopic (exact) mass is 513 g/mol. The lowest BCUT2D eigenvalue weighted by Crippen LogP contribution is -2.46. The summed E-state index contributed by atoms with van der Waals surface area (Å²) in [6, 6.07) is 24.4. The number of esters is 1. The van der Waals surface area contributed by atoms with Crippen LogP contribution in [0.5, 0.6) is 0 Å². The van der Waals surface area contributed by atoms with Crippen molar-refractivity contribution >= 4 is 34.9 Å². The van der Waals surface area contributed by atoms with Crippen molar-refractivity contribution in [3.8, 4) is 11.1 Å². The molecule has 7 heteroatoms. The summed E-state index contributed by atoms with van der Waals surface area (Å²) < 4.78 is 5.57. The molecule has 2 N–H and O–H groups in total. The summed E-state index contributed by atoms with van der Waals surface area (Å²) >= 11 is 5.50. The number of hydrogen-bond donors (Lipinski definition) is 2. The molecule has 1 heterocycles. The number of benzene rings is 3. The molecule has 0 fully saturated rings. The van der Waals surface area contributed by atoms with Gasteiger partial charge in [0.25, 0.3) is 5.91 Å². The minimum absolute atomic E-state index is 0.216. The Kier molecular flexibility index (Phi) is 8.04. The fourth-order valence-electron chi connectivity index (χ4n) is 4.11. The van der Waals surface area contributed by atoms with Crippen LogP contribution < -0.4 is 10.6 Å². The second-order valence-electron chi connectivity index (χ2n) is 9.46. The van der Waals surface area contributed by atoms with Crippen molar-refractivity contribution in [3.05, 3.63) is 101 Å². The smallest absolute Gasteiger partial charge is 0.338 e. The number of hydrogen-bond acceptors (Lipinski definition) is 4. The number of carbonyl (C=O) groups excluding carboxylic acids is 2. The normalized spacial score (nSPS) is 15.4. The van der Waals surface area contributed by atoms with Crippen LogP contribution in [0, 0.1) is 5.92 Å². The quantitative estimate of drug-likeness (QED) is 0.301. The molecule has 37 heavy (non-hydrogen) atoms. The van der Waals surface area contributed by atoms with Gasteiger partial charge in [0.2, 0.25) is 0 Å². The number of nitrogens with zero attached hydrogens (tertiary/aromatic N) is 1. The molecule has 3 aromatic rings. The van der Waals surface area contributed by atoms with Gasteiger partial charge in [0.1, 0.15) is 0 Å². The van der Waals surface area contributed by atoms with Gasteiger partial charge in [-0.05, 0) is 66.0 Å². The molecule has 1 aliphatic rings. The predicted molar refractivity (Wildman–Crippen MR) is 151 cm³/mol. The number of thiocarbonyl (C=S) groups is 1. The summed E-state index contributed by atoms with van der Waals surface area (Å²) in [6.07, 6.45) is 0. The Morgan fingerprint density at radius 3 is 2.35 bits per heavy atom. The van der Waals surface area contributed by atoms with Crippen LogP contribution in [0.2, 0.25) is 0 Å². The first-order valence-electron chi connectivity index (χ1n) is 12.2. The highest BCUT2D eigenvalue weighted by Gasteiger charge is 2.33. The molecule has 4 rings (SSSR count). The number of rotatable bonds is 7. The van der Waals surface area contributed by atoms with Gasteiger partial charge < -0.3 is 20.3 Å². The number of nitrogens with one attached hydrogen (secondary N) is 2. The van der Waals surface area contributed by atoms with E-state index in [9.17, 15) is 9.59 Å². The third-order valence-corrected chi connectivity index (χ3v) is 6.65. The molecule has 1 atom stereocenters. The van der Waals surface area contributed by atoms with Crippen LogP contribution in [0.3, 0.4) is 0 Å². The summed E-state index contributed by atoms with van der Waals surface area (Å²) in [4.78, 5) is 27.8. The average Bonchev–Trinajstić information content (AvgIpc) is 2.91. The van der Waals surface area contributed by atoms with Gasteiger partial charge in [-0.2, -0.15) is 0 Å². The summed E-state index contributed by atoms with van der Waals surface area (Å²) in [5.74, 6) is -0.378. The van der Waals surface area contributed by atoms with Crippen LogP contribution in [0.15, 0.2) is 90.1 Å². The second-order valence-corrected chi connectivity index (χ2v) is 9.84. The SMILES string of the molecule is CC1=C(C(=O)OCC(C)C)[C@@H](c2cccc(NC(=O)c3ccc(-c4ccccc4)cc3)c2)NC(=S)N1C. The lowest BCUT2D eigenvalue weighted by Gasteiger charge is -2.35. The minimum atomic E-state index is -0.495. The maximum atomic E-state index is 13.1. The Morgan fingerprint density at radius 2 is 1.68 bits per heavy atom. The summed E-state index contributed by atoms with van der Waals surface area (Å²) in [6.45, 7) is 6.17. The molecule has 0 aliphatic carbocycles. The van der Waals surface area contributed by atoms with Gasteiger partial charge in [-0.15, -0.1) is 0 Å². The van der Waals surface area contributed by atoms with E-state index < -0.39 is 6.04 Å². The van der Waals surface area contributed by atoms with E-state index in [1.54, 1.807) is 4.90 Å². The third kappa shape index (κ3) is 6.06. The molecular weight excluding hydrogens is 482 g/mol. The zero-order valence-electron chi connectivity index (χ0n) is 21.4. The topological polar surface area (TPSA) is 70.7 Å². The molecule has 190 valence electrons. The first-order valence-corrected chi connectivity index (χ1v) is 12.6. The second kappa shape index (κ2) is 11.4. The van der Waals surface area contributed by atoms with Crippen molar-refractivity contribution in [2.24, 2.45) is 5.92 Å². The number of amides is 1. The molecule has 0 bridgehead atoms. The van der Waals surface area contributed by atoms with Crippen LogP contribution >= 0.6 is 12.2 Å². The fourth-order valence-corrected chi connectivity index (χ4v) is 4.37. The molecule has 0 saturated heterocycles. The zero-order valence-corrected chi connectivity index (χ0v) is 22.3. The van der Waals surface area contributed by atoms with Crippen LogP contribution in [0.25, 0.3) is 11.1 Å². The van der Waals surface area contributed by atoms with Gasteiger partial charge in [-0.1, -0.05) is 68.4 Å². The van der Waals surface area contributed by atoms with E-state index in [1.807, 2.05) is 107 Å². The number of carbonyl (C=O) groups is 2. The fraction of sp³-hybridized carbons (Fsp3) is 0.233. The highest BCUT2D eigenvalue weighted by atomic mass is 32.1. The van der Waals surface area contributed by atoms with Crippen LogP contribution in [0.1, 0.15) is 42.7 Å². The Balaban J connectivity index is 1.55. The molecule has 3 aromatic carbocycles. The maximum Gasteiger partial charge on any atom is 0.338 e. The lowest BCUT2D eigenvalue weighted by atomic mass is 9.94. The van der Waals surface area contributed by atoms with Crippen LogP contribution in [0.4, 0.5) is 5.69 Å². The van der Waals surface area contributed by atoms with Gasteiger partial charge in [-0.3, -0.25) is 4.79 Å². The van der Waals surface area contributed by atoms with E-state index >= 15 is 0 Å². The largest absolute Gasteiger partial charge is 0.462 e. The molecule has 1 aliphatic heterocycles. The molecule has 0 spiro atoms. The van der Waals surface area contributed by atoms with Crippen molar-refractivity contribution in [1.82, 2.24) is 10.2 Å². The Morgan fingerprint density at radius 1 is 1.00 bits per heavy atom. The van der Waals surface area contributed by atoms with Gasteiger partial charge >= 0.3 is 5.97 Å². The first kappa shape index (κ1) is 26.1. The molecule has 0 saturated carbocycles. The van der Waals surface area contributed by atoms with E-state index in [4.69, 9.17) is 17.0 Å². The molecule has 0 aromatic heterocycles. The van der Waals surface area contributed by atoms with Crippen molar-refractivity contribution in [2.75, 3.05) is 19.0 Å². The number of allylic oxidation sites excluding steroid dienone is 1. The van der Waals surface area contributed by atoms with Crippen LogP contribution in [-0.2, 0) is 9.53 Å². The van der Waals surface area contributed by atoms with E-state index in [2.05, 4.69) is 10.6 Å². The van der Waals surface area contributed by atoms with Gasteiger partial charge in [0.15, 0.2) is 5.11 Å². The standard InChI is InChI=1S/C30H31N3O3S/c1-19(2)18-36-29(35)26-20(3)33(4)30(37)32-27(26)24-11-8-12-25(17-24)31-28(34)23-15-13-22(14-16-23)21-9-6-5-7-10-21/h5-17,19,27H,18H2,1-4H3,(H,31,34)(H,32,37)/t27-/m1/s1. The maximum absolute atomic E-state index is 13.1. The molecule has 0 radical (unpaired) electrons. The minimum Gasteiger partial charge on any atom is -0.462 e. The molecule has 1 amide bonds. The number of anilines is 1. The molecule has 0 unspecified atom stereocenters. The lowest BCUT2D eigenvalue weighted by molar-refractivity contribution is -0.140. The van der Waals surface area contributed by atoms with Crippen molar-refractivity contribution in [2.45, 2.75) is 26.8 Å². The highest BCUT2D eigenvalue weighted by Crippen LogP contribution is 2.32. The van der Waals surface area contributed by atoms with Gasteiger partial charge in [-0.25, -0.2) is 4.79 Å². The third-order valence-electron chi connectivity index (χ3n) is 6.25. The Hall–Kier alpha value is -3.97. The van der Waals surface area contributed by atoms with E-state index in [0.29, 0.717) is 28.5 Å². The van der Waals surface area contributed by atoms with E-state index in [0.717, 1.165) is 22.4 Å². The predicted octanol–water partition coefficient (Wildman–Crippen LogP) is 5.94. The summed E-state index contributed by atoms with van der Waals surface area (Å²) in [5.41, 5.74) is 5.33. The molecular formula is C30H31N3O3S. The Bertz CT molecular complexity index is 1330. The Labute approximate surface area is 223 Å². The van der Waals surface area contributed by atoms with Crippen molar-refractivity contribution in [3.63, 3.8) is 0 Å². The van der Waals surface area contributed by atoms with E-state index in [-0.39, 0.29) is 17.8 Å². The highest BCUT2D eigenvalue weighted by molar-refractivity contribution is 7.80. The van der Waals surface area contributed by atoms with Gasteiger partial charge in [0, 0.05) is 24.0 Å². The van der Waals surface area contributed by atoms with Crippen LogP contribution in [-0.4, -0.2) is 35.5 Å². The van der Waals surface area contributed by atoms with E-state index in [1.165, 1.54) is 0 Å². The summed E-state index contributed by atoms with van der Waals surface area (Å²) in [7, 11) is 1.82. The summed E-state index contributed by atoms with van der Waals surface area (Å²) in [5, 5.41) is 6.73. The van der Waals surface area contributed by atoms with Crippen molar-refractivity contribution in [1.29, 1.82) is 0 Å². The zero-order chi connectivity index (χ0) is 26.5. The molecule has 6 nitrogen and oxygen atoms in total. The van der Waals surface area contributed by atoms with Gasteiger partial charge in [0.05, 0.1) is 18.2 Å².